The largest absolute Gasteiger partial charge is 0.455 e. The van der Waals surface area contributed by atoms with Crippen molar-refractivity contribution in [2.24, 2.45) is 0 Å². The van der Waals surface area contributed by atoms with Crippen LogP contribution in [-0.4, -0.2) is 4.98 Å². The standard InChI is InChI=1S/C15H12N2O/c16-15-12-7-4-10-17-13(12)8-9-14(15)18-11-5-2-1-3-6-11/h1-10H,16H2. The highest BCUT2D eigenvalue weighted by Crippen LogP contribution is 2.32. The van der Waals surface area contributed by atoms with Gasteiger partial charge in [0.1, 0.15) is 5.75 Å². The Morgan fingerprint density at radius 1 is 0.889 bits per heavy atom. The maximum atomic E-state index is 6.10. The SMILES string of the molecule is Nc1c(Oc2ccccc2)ccc2ncccc12. The van der Waals surface area contributed by atoms with E-state index >= 15 is 0 Å². The van der Waals surface area contributed by atoms with Crippen LogP contribution in [0.4, 0.5) is 5.69 Å². The Bertz CT molecular complexity index is 680. The minimum Gasteiger partial charge on any atom is -0.455 e. The van der Waals surface area contributed by atoms with Crippen LogP contribution in [0.5, 0.6) is 11.5 Å². The van der Waals surface area contributed by atoms with Gasteiger partial charge in [0.25, 0.3) is 0 Å². The number of hydrogen-bond acceptors (Lipinski definition) is 3. The van der Waals surface area contributed by atoms with Crippen LogP contribution in [0.1, 0.15) is 0 Å². The summed E-state index contributed by atoms with van der Waals surface area (Å²) in [6.45, 7) is 0. The lowest BCUT2D eigenvalue weighted by molar-refractivity contribution is 0.485. The number of aromatic nitrogens is 1. The normalized spacial score (nSPS) is 10.4. The summed E-state index contributed by atoms with van der Waals surface area (Å²) < 4.78 is 5.76. The number of anilines is 1. The van der Waals surface area contributed by atoms with E-state index < -0.39 is 0 Å². The third-order valence-corrected chi connectivity index (χ3v) is 2.76. The van der Waals surface area contributed by atoms with Crippen LogP contribution >= 0.6 is 0 Å². The van der Waals surface area contributed by atoms with E-state index in [0.29, 0.717) is 11.4 Å². The van der Waals surface area contributed by atoms with Gasteiger partial charge in [0.15, 0.2) is 5.75 Å². The molecule has 88 valence electrons. The fourth-order valence-corrected chi connectivity index (χ4v) is 1.86. The van der Waals surface area contributed by atoms with Gasteiger partial charge in [-0.05, 0) is 36.4 Å². The smallest absolute Gasteiger partial charge is 0.151 e. The Hall–Kier alpha value is -2.55. The van der Waals surface area contributed by atoms with Crippen LogP contribution in [0.25, 0.3) is 10.9 Å². The highest BCUT2D eigenvalue weighted by molar-refractivity contribution is 5.93. The number of fused-ring (bicyclic) bond motifs is 1. The highest BCUT2D eigenvalue weighted by atomic mass is 16.5. The van der Waals surface area contributed by atoms with Crippen LogP contribution in [0.2, 0.25) is 0 Å². The summed E-state index contributed by atoms with van der Waals surface area (Å²) in [7, 11) is 0. The van der Waals surface area contributed by atoms with Crippen molar-refractivity contribution < 1.29 is 4.74 Å². The van der Waals surface area contributed by atoms with Gasteiger partial charge in [-0.3, -0.25) is 4.98 Å². The summed E-state index contributed by atoms with van der Waals surface area (Å²) in [4.78, 5) is 4.25. The first-order chi connectivity index (χ1) is 8.84. The average Bonchev–Trinajstić information content (AvgIpc) is 2.43. The maximum Gasteiger partial charge on any atom is 0.151 e. The van der Waals surface area contributed by atoms with Gasteiger partial charge < -0.3 is 10.5 Å². The first kappa shape index (κ1) is 10.6. The molecule has 0 atom stereocenters. The molecule has 0 saturated carbocycles. The molecule has 3 nitrogen and oxygen atoms in total. The van der Waals surface area contributed by atoms with Gasteiger partial charge in [0.2, 0.25) is 0 Å². The van der Waals surface area contributed by atoms with Gasteiger partial charge in [-0.1, -0.05) is 18.2 Å². The van der Waals surface area contributed by atoms with Crippen molar-refractivity contribution in [3.63, 3.8) is 0 Å². The summed E-state index contributed by atoms with van der Waals surface area (Å²) in [6.07, 6.45) is 1.75. The number of nitrogens with two attached hydrogens (primary N) is 1. The molecule has 0 saturated heterocycles. The highest BCUT2D eigenvalue weighted by Gasteiger charge is 2.06. The third-order valence-electron chi connectivity index (χ3n) is 2.76. The topological polar surface area (TPSA) is 48.1 Å². The van der Waals surface area contributed by atoms with Crippen molar-refractivity contribution >= 4 is 16.6 Å². The first-order valence-electron chi connectivity index (χ1n) is 5.71. The molecule has 1 heterocycles. The van der Waals surface area contributed by atoms with Gasteiger partial charge in [-0.25, -0.2) is 0 Å². The zero-order valence-corrected chi connectivity index (χ0v) is 9.71. The molecule has 0 spiro atoms. The van der Waals surface area contributed by atoms with E-state index in [-0.39, 0.29) is 0 Å². The Morgan fingerprint density at radius 2 is 1.72 bits per heavy atom. The van der Waals surface area contributed by atoms with Crippen LogP contribution in [-0.2, 0) is 0 Å². The van der Waals surface area contributed by atoms with E-state index in [0.717, 1.165) is 16.7 Å². The fourth-order valence-electron chi connectivity index (χ4n) is 1.86. The van der Waals surface area contributed by atoms with Crippen molar-refractivity contribution in [1.82, 2.24) is 4.98 Å². The van der Waals surface area contributed by atoms with Gasteiger partial charge in [-0.15, -0.1) is 0 Å². The van der Waals surface area contributed by atoms with Crippen molar-refractivity contribution in [2.45, 2.75) is 0 Å². The molecule has 0 aliphatic heterocycles. The minimum absolute atomic E-state index is 0.615. The average molecular weight is 236 g/mol. The molecule has 3 aromatic rings. The van der Waals surface area contributed by atoms with Crippen molar-refractivity contribution in [1.29, 1.82) is 0 Å². The molecule has 0 aliphatic carbocycles. The second-order valence-electron chi connectivity index (χ2n) is 3.96. The summed E-state index contributed by atoms with van der Waals surface area (Å²) in [5, 5.41) is 0.908. The number of hydrogen-bond donors (Lipinski definition) is 1. The third kappa shape index (κ3) is 1.86. The summed E-state index contributed by atoms with van der Waals surface area (Å²) >= 11 is 0. The molecule has 0 fully saturated rings. The number of nitrogen functional groups attached to an aromatic ring is 1. The fraction of sp³-hybridized carbons (Fsp3) is 0. The number of pyridine rings is 1. The lowest BCUT2D eigenvalue weighted by Gasteiger charge is -2.10. The zero-order chi connectivity index (χ0) is 12.4. The lowest BCUT2D eigenvalue weighted by Crippen LogP contribution is -1.94. The van der Waals surface area contributed by atoms with Crippen LogP contribution in [0.3, 0.4) is 0 Å². The predicted octanol–water partition coefficient (Wildman–Crippen LogP) is 3.61. The second-order valence-corrected chi connectivity index (χ2v) is 3.96. The molecule has 0 radical (unpaired) electrons. The zero-order valence-electron chi connectivity index (χ0n) is 9.71. The Kier molecular flexibility index (Phi) is 2.57. The minimum atomic E-state index is 0.615. The molecule has 2 aromatic carbocycles. The van der Waals surface area contributed by atoms with Crippen LogP contribution in [0, 0.1) is 0 Å². The molecule has 18 heavy (non-hydrogen) atoms. The second kappa shape index (κ2) is 4.37. The van der Waals surface area contributed by atoms with Crippen molar-refractivity contribution in [3.8, 4) is 11.5 Å². The van der Waals surface area contributed by atoms with Gasteiger partial charge in [0.05, 0.1) is 11.2 Å². The molecule has 0 unspecified atom stereocenters. The number of ether oxygens (including phenoxy) is 1. The van der Waals surface area contributed by atoms with Crippen LogP contribution in [0.15, 0.2) is 60.8 Å². The predicted molar refractivity (Wildman–Crippen MR) is 72.7 cm³/mol. The first-order valence-corrected chi connectivity index (χ1v) is 5.71. The lowest BCUT2D eigenvalue weighted by atomic mass is 10.1. The molecular formula is C15H12N2O. The van der Waals surface area contributed by atoms with Crippen molar-refractivity contribution in [2.75, 3.05) is 5.73 Å². The van der Waals surface area contributed by atoms with Gasteiger partial charge in [-0.2, -0.15) is 0 Å². The number of rotatable bonds is 2. The molecule has 3 rings (SSSR count). The van der Waals surface area contributed by atoms with E-state index in [1.807, 2.05) is 54.6 Å². The molecular weight excluding hydrogens is 224 g/mol. The monoisotopic (exact) mass is 236 g/mol. The number of nitrogens with zero attached hydrogens (tertiary/aromatic N) is 1. The molecule has 1 aromatic heterocycles. The van der Waals surface area contributed by atoms with E-state index in [1.165, 1.54) is 0 Å². The molecule has 0 aliphatic rings. The Labute approximate surface area is 105 Å². The van der Waals surface area contributed by atoms with E-state index in [9.17, 15) is 0 Å². The summed E-state index contributed by atoms with van der Waals surface area (Å²) in [6, 6.07) is 17.1. The Morgan fingerprint density at radius 3 is 2.56 bits per heavy atom. The molecule has 0 bridgehead atoms. The van der Waals surface area contributed by atoms with Gasteiger partial charge in [0, 0.05) is 11.6 Å². The van der Waals surface area contributed by atoms with Gasteiger partial charge >= 0.3 is 0 Å². The van der Waals surface area contributed by atoms with Crippen LogP contribution < -0.4 is 10.5 Å². The molecule has 0 amide bonds. The van der Waals surface area contributed by atoms with Crippen molar-refractivity contribution in [3.05, 3.63) is 60.8 Å². The van der Waals surface area contributed by atoms with E-state index in [1.54, 1.807) is 6.20 Å². The number of para-hydroxylation sites is 1. The summed E-state index contributed by atoms with van der Waals surface area (Å²) in [5.41, 5.74) is 7.59. The Balaban J connectivity index is 2.05. The molecule has 3 heteroatoms. The maximum absolute atomic E-state index is 6.10. The quantitative estimate of drug-likeness (QED) is 0.691. The van der Waals surface area contributed by atoms with E-state index in [2.05, 4.69) is 4.98 Å². The number of benzene rings is 2. The van der Waals surface area contributed by atoms with E-state index in [4.69, 9.17) is 10.5 Å². The molecule has 2 N–H and O–H groups in total. The summed E-state index contributed by atoms with van der Waals surface area (Å²) in [5.74, 6) is 1.43.